The molecule has 1 fully saturated rings. The van der Waals surface area contributed by atoms with Crippen LogP contribution in [0, 0.1) is 5.92 Å². The molecule has 86 valence electrons. The van der Waals surface area contributed by atoms with Gasteiger partial charge in [-0.05, 0) is 12.8 Å². The van der Waals surface area contributed by atoms with E-state index >= 15 is 0 Å². The predicted molar refractivity (Wildman–Crippen MR) is 51.1 cm³/mol. The van der Waals surface area contributed by atoms with E-state index in [4.69, 9.17) is 14.2 Å². The molecule has 1 aliphatic rings. The topological polar surface area (TPSA) is 65.1 Å². The van der Waals surface area contributed by atoms with Crippen molar-refractivity contribution < 1.29 is 23.8 Å². The zero-order chi connectivity index (χ0) is 11.4. The molecule has 0 aromatic carbocycles. The number of ether oxygens (including phenoxy) is 3. The lowest BCUT2D eigenvalue weighted by Gasteiger charge is -2.04. The summed E-state index contributed by atoms with van der Waals surface area (Å²) in [6.07, 6.45) is -1.52. The fourth-order valence-electron chi connectivity index (χ4n) is 1.03. The van der Waals surface area contributed by atoms with Gasteiger partial charge in [0.2, 0.25) is 0 Å². The SMILES string of the molecule is CCOC(=O)[C@@H]1O[C@@H]1C(=O)OCC(C)C. The molecule has 1 heterocycles. The van der Waals surface area contributed by atoms with Crippen LogP contribution in [0.2, 0.25) is 0 Å². The second kappa shape index (κ2) is 5.11. The van der Waals surface area contributed by atoms with E-state index in [1.165, 1.54) is 0 Å². The lowest BCUT2D eigenvalue weighted by atomic mass is 10.2. The van der Waals surface area contributed by atoms with Gasteiger partial charge in [-0.2, -0.15) is 0 Å². The van der Waals surface area contributed by atoms with Crippen molar-refractivity contribution in [3.05, 3.63) is 0 Å². The van der Waals surface area contributed by atoms with E-state index in [1.54, 1.807) is 6.92 Å². The molecule has 0 saturated carbocycles. The highest BCUT2D eigenvalue weighted by Crippen LogP contribution is 2.24. The molecule has 0 spiro atoms. The molecule has 0 radical (unpaired) electrons. The number of esters is 2. The van der Waals surface area contributed by atoms with Gasteiger partial charge in [0.25, 0.3) is 0 Å². The number of carbonyl (C=O) groups excluding carboxylic acids is 2. The van der Waals surface area contributed by atoms with Crippen LogP contribution < -0.4 is 0 Å². The Labute approximate surface area is 88.7 Å². The molecule has 1 rings (SSSR count). The third-order valence-corrected chi connectivity index (χ3v) is 1.80. The number of rotatable bonds is 5. The maximum absolute atomic E-state index is 11.3. The van der Waals surface area contributed by atoms with Crippen molar-refractivity contribution in [2.45, 2.75) is 33.0 Å². The summed E-state index contributed by atoms with van der Waals surface area (Å²) >= 11 is 0. The molecule has 1 saturated heterocycles. The molecule has 0 amide bonds. The highest BCUT2D eigenvalue weighted by molar-refractivity contribution is 5.89. The van der Waals surface area contributed by atoms with Crippen molar-refractivity contribution in [2.75, 3.05) is 13.2 Å². The Morgan fingerprint density at radius 2 is 1.73 bits per heavy atom. The van der Waals surface area contributed by atoms with Crippen LogP contribution in [0.15, 0.2) is 0 Å². The second-order valence-electron chi connectivity index (χ2n) is 3.75. The quantitative estimate of drug-likeness (QED) is 0.495. The van der Waals surface area contributed by atoms with Crippen LogP contribution in [0.1, 0.15) is 20.8 Å². The lowest BCUT2D eigenvalue weighted by molar-refractivity contribution is -0.147. The Morgan fingerprint density at radius 3 is 2.20 bits per heavy atom. The zero-order valence-corrected chi connectivity index (χ0v) is 9.19. The van der Waals surface area contributed by atoms with E-state index in [-0.39, 0.29) is 12.5 Å². The first-order valence-corrected chi connectivity index (χ1v) is 5.05. The first-order valence-electron chi connectivity index (χ1n) is 5.05. The maximum Gasteiger partial charge on any atom is 0.338 e. The van der Waals surface area contributed by atoms with E-state index in [9.17, 15) is 9.59 Å². The van der Waals surface area contributed by atoms with Gasteiger partial charge in [-0.3, -0.25) is 0 Å². The molecule has 0 aromatic rings. The Bertz CT molecular complexity index is 248. The molecule has 0 bridgehead atoms. The van der Waals surface area contributed by atoms with Crippen LogP contribution in [-0.2, 0) is 23.8 Å². The lowest BCUT2D eigenvalue weighted by Crippen LogP contribution is -2.21. The van der Waals surface area contributed by atoms with Crippen molar-refractivity contribution in [3.8, 4) is 0 Å². The summed E-state index contributed by atoms with van der Waals surface area (Å²) in [5, 5.41) is 0. The molecule has 5 heteroatoms. The molecule has 0 aromatic heterocycles. The molecule has 0 unspecified atom stereocenters. The third-order valence-electron chi connectivity index (χ3n) is 1.80. The average Bonchev–Trinajstić information content (AvgIpc) is 2.94. The Balaban J connectivity index is 2.24. The molecule has 2 atom stereocenters. The monoisotopic (exact) mass is 216 g/mol. The first-order chi connectivity index (χ1) is 7.06. The number of epoxide rings is 1. The maximum atomic E-state index is 11.3. The number of carbonyl (C=O) groups is 2. The highest BCUT2D eigenvalue weighted by Gasteiger charge is 2.52. The summed E-state index contributed by atoms with van der Waals surface area (Å²) in [6, 6.07) is 0. The molecule has 1 aliphatic heterocycles. The second-order valence-corrected chi connectivity index (χ2v) is 3.75. The van der Waals surface area contributed by atoms with Gasteiger partial charge in [0.15, 0.2) is 12.2 Å². The average molecular weight is 216 g/mol. The fourth-order valence-corrected chi connectivity index (χ4v) is 1.03. The standard InChI is InChI=1S/C10H16O5/c1-4-13-9(11)7-8(15-7)10(12)14-5-6(2)3/h6-8H,4-5H2,1-3H3/t7-,8+/m1/s1. The summed E-state index contributed by atoms with van der Waals surface area (Å²) < 4.78 is 14.5. The van der Waals surface area contributed by atoms with Crippen molar-refractivity contribution in [3.63, 3.8) is 0 Å². The van der Waals surface area contributed by atoms with Crippen molar-refractivity contribution in [1.82, 2.24) is 0 Å². The first kappa shape index (κ1) is 12.0. The van der Waals surface area contributed by atoms with E-state index < -0.39 is 24.1 Å². The summed E-state index contributed by atoms with van der Waals surface area (Å²) in [5.41, 5.74) is 0. The summed E-state index contributed by atoms with van der Waals surface area (Å²) in [6.45, 7) is 6.20. The Kier molecular flexibility index (Phi) is 4.08. The van der Waals surface area contributed by atoms with Crippen LogP contribution in [-0.4, -0.2) is 37.4 Å². The van der Waals surface area contributed by atoms with Gasteiger partial charge in [0, 0.05) is 0 Å². The van der Waals surface area contributed by atoms with E-state index in [2.05, 4.69) is 0 Å². The summed E-state index contributed by atoms with van der Waals surface area (Å²) in [5.74, 6) is -0.709. The normalized spacial score (nSPS) is 23.7. The minimum absolute atomic E-state index is 0.272. The van der Waals surface area contributed by atoms with E-state index in [0.717, 1.165) is 0 Å². The van der Waals surface area contributed by atoms with Gasteiger partial charge < -0.3 is 14.2 Å². The number of hydrogen-bond acceptors (Lipinski definition) is 5. The largest absolute Gasteiger partial charge is 0.464 e. The minimum Gasteiger partial charge on any atom is -0.464 e. The van der Waals surface area contributed by atoms with E-state index in [0.29, 0.717) is 6.61 Å². The van der Waals surface area contributed by atoms with E-state index in [1.807, 2.05) is 13.8 Å². The Hall–Kier alpha value is -1.10. The van der Waals surface area contributed by atoms with Crippen LogP contribution in [0.5, 0.6) is 0 Å². The molecular formula is C10H16O5. The van der Waals surface area contributed by atoms with Crippen LogP contribution in [0.25, 0.3) is 0 Å². The summed E-state index contributed by atoms with van der Waals surface area (Å²) in [4.78, 5) is 22.4. The highest BCUT2D eigenvalue weighted by atomic mass is 16.7. The molecular weight excluding hydrogens is 200 g/mol. The molecule has 15 heavy (non-hydrogen) atoms. The zero-order valence-electron chi connectivity index (χ0n) is 9.19. The van der Waals surface area contributed by atoms with Crippen LogP contribution >= 0.6 is 0 Å². The Morgan fingerprint density at radius 1 is 1.20 bits per heavy atom. The van der Waals surface area contributed by atoms with Gasteiger partial charge in [-0.1, -0.05) is 13.8 Å². The van der Waals surface area contributed by atoms with Crippen LogP contribution in [0.4, 0.5) is 0 Å². The van der Waals surface area contributed by atoms with Crippen molar-refractivity contribution >= 4 is 11.9 Å². The smallest absolute Gasteiger partial charge is 0.338 e. The third kappa shape index (κ3) is 3.51. The molecule has 0 N–H and O–H groups in total. The van der Waals surface area contributed by atoms with Crippen molar-refractivity contribution in [1.29, 1.82) is 0 Å². The molecule has 5 nitrogen and oxygen atoms in total. The number of hydrogen-bond donors (Lipinski definition) is 0. The van der Waals surface area contributed by atoms with Crippen molar-refractivity contribution in [2.24, 2.45) is 5.92 Å². The van der Waals surface area contributed by atoms with Gasteiger partial charge >= 0.3 is 11.9 Å². The predicted octanol–water partition coefficient (Wildman–Crippen LogP) is 0.516. The van der Waals surface area contributed by atoms with Gasteiger partial charge in [0.05, 0.1) is 13.2 Å². The fraction of sp³-hybridized carbons (Fsp3) is 0.800. The molecule has 0 aliphatic carbocycles. The minimum atomic E-state index is -0.761. The van der Waals surface area contributed by atoms with Gasteiger partial charge in [-0.15, -0.1) is 0 Å². The van der Waals surface area contributed by atoms with Gasteiger partial charge in [-0.25, -0.2) is 9.59 Å². The van der Waals surface area contributed by atoms with Crippen LogP contribution in [0.3, 0.4) is 0 Å². The summed E-state index contributed by atoms with van der Waals surface area (Å²) in [7, 11) is 0. The van der Waals surface area contributed by atoms with Gasteiger partial charge in [0.1, 0.15) is 0 Å².